The Kier molecular flexibility index (Phi) is 7.38. The van der Waals surface area contributed by atoms with Gasteiger partial charge in [-0.3, -0.25) is 9.59 Å². The number of esters is 1. The van der Waals surface area contributed by atoms with Crippen LogP contribution in [-0.4, -0.2) is 39.7 Å². The number of nitrogens with one attached hydrogen (secondary N) is 2. The first-order chi connectivity index (χ1) is 14.9. The minimum Gasteiger partial charge on any atom is -0.465 e. The quantitative estimate of drug-likeness (QED) is 0.656. The van der Waals surface area contributed by atoms with E-state index in [-0.39, 0.29) is 30.8 Å². The lowest BCUT2D eigenvalue weighted by molar-refractivity contribution is -0.122. The number of carbonyl (C=O) groups excluding carboxylic acids is 3. The topological polar surface area (TPSA) is 115 Å². The molecule has 2 amide bonds. The minimum atomic E-state index is -0.505. The van der Waals surface area contributed by atoms with E-state index >= 15 is 0 Å². The maximum absolute atomic E-state index is 12.6. The molecular formula is C22H29N5O4. The minimum absolute atomic E-state index is 0.00642. The van der Waals surface area contributed by atoms with Gasteiger partial charge in [0.15, 0.2) is 0 Å². The van der Waals surface area contributed by atoms with Crippen LogP contribution in [0.4, 0.5) is 5.69 Å². The standard InChI is InChI=1S/C22H29N5O4/c1-14-24-15(2)27(26-14)13-20(28)23-12-16-9-18(22(30)31-3)11-19(10-16)25-21(29)17-7-5-4-6-8-17/h9-11,17H,4-8,12-13H2,1-3H3,(H,23,28)(H,25,29). The molecule has 0 bridgehead atoms. The lowest BCUT2D eigenvalue weighted by Crippen LogP contribution is -2.28. The second-order valence-electron chi connectivity index (χ2n) is 7.87. The van der Waals surface area contributed by atoms with Crippen LogP contribution in [0.25, 0.3) is 0 Å². The van der Waals surface area contributed by atoms with Gasteiger partial charge in [0.25, 0.3) is 0 Å². The van der Waals surface area contributed by atoms with E-state index in [1.54, 1.807) is 32.0 Å². The van der Waals surface area contributed by atoms with Crippen LogP contribution < -0.4 is 10.6 Å². The van der Waals surface area contributed by atoms with Crippen LogP contribution in [-0.2, 0) is 27.4 Å². The largest absolute Gasteiger partial charge is 0.465 e. The first-order valence-corrected chi connectivity index (χ1v) is 10.5. The molecular weight excluding hydrogens is 398 g/mol. The second-order valence-corrected chi connectivity index (χ2v) is 7.87. The molecule has 3 rings (SSSR count). The highest BCUT2D eigenvalue weighted by Crippen LogP contribution is 2.25. The number of nitrogens with zero attached hydrogens (tertiary/aromatic N) is 3. The molecule has 2 N–H and O–H groups in total. The number of benzene rings is 1. The molecule has 9 heteroatoms. The Morgan fingerprint density at radius 2 is 1.87 bits per heavy atom. The summed E-state index contributed by atoms with van der Waals surface area (Å²) in [5.74, 6) is 0.489. The van der Waals surface area contributed by atoms with Gasteiger partial charge in [0.05, 0.1) is 12.7 Å². The Hall–Kier alpha value is -3.23. The van der Waals surface area contributed by atoms with Crippen molar-refractivity contribution < 1.29 is 19.1 Å². The SMILES string of the molecule is COC(=O)c1cc(CNC(=O)Cn2nc(C)nc2C)cc(NC(=O)C2CCCCC2)c1. The Balaban J connectivity index is 1.68. The summed E-state index contributed by atoms with van der Waals surface area (Å²) in [7, 11) is 1.31. The molecule has 0 unspecified atom stereocenters. The Bertz CT molecular complexity index is 963. The summed E-state index contributed by atoms with van der Waals surface area (Å²) in [5.41, 5.74) is 1.52. The van der Waals surface area contributed by atoms with Gasteiger partial charge in [-0.05, 0) is 50.5 Å². The number of aromatic nitrogens is 3. The van der Waals surface area contributed by atoms with Crippen LogP contribution >= 0.6 is 0 Å². The number of rotatable bonds is 7. The van der Waals surface area contributed by atoms with E-state index in [4.69, 9.17) is 4.74 Å². The van der Waals surface area contributed by atoms with Gasteiger partial charge in [0.1, 0.15) is 18.2 Å². The third-order valence-electron chi connectivity index (χ3n) is 5.40. The summed E-state index contributed by atoms with van der Waals surface area (Å²) < 4.78 is 6.36. The third-order valence-corrected chi connectivity index (χ3v) is 5.40. The van der Waals surface area contributed by atoms with Crippen molar-refractivity contribution in [2.75, 3.05) is 12.4 Å². The lowest BCUT2D eigenvalue weighted by Gasteiger charge is -2.21. The summed E-state index contributed by atoms with van der Waals surface area (Å²) in [6.07, 6.45) is 5.04. The summed E-state index contributed by atoms with van der Waals surface area (Å²) >= 11 is 0. The first-order valence-electron chi connectivity index (χ1n) is 10.5. The average molecular weight is 428 g/mol. The molecule has 1 aromatic heterocycles. The van der Waals surface area contributed by atoms with Crippen LogP contribution in [0, 0.1) is 19.8 Å². The van der Waals surface area contributed by atoms with Crippen molar-refractivity contribution in [2.45, 2.75) is 59.0 Å². The number of anilines is 1. The van der Waals surface area contributed by atoms with Gasteiger partial charge >= 0.3 is 5.97 Å². The molecule has 1 heterocycles. The van der Waals surface area contributed by atoms with Crippen LogP contribution in [0.3, 0.4) is 0 Å². The average Bonchev–Trinajstić information content (AvgIpc) is 3.08. The highest BCUT2D eigenvalue weighted by atomic mass is 16.5. The van der Waals surface area contributed by atoms with Gasteiger partial charge in [0, 0.05) is 18.2 Å². The summed E-state index contributed by atoms with van der Waals surface area (Å²) in [6.45, 7) is 3.80. The fraction of sp³-hybridized carbons (Fsp3) is 0.500. The summed E-state index contributed by atoms with van der Waals surface area (Å²) in [4.78, 5) is 41.2. The third kappa shape index (κ3) is 6.13. The van der Waals surface area contributed by atoms with Crippen molar-refractivity contribution in [3.05, 3.63) is 41.0 Å². The van der Waals surface area contributed by atoms with Crippen molar-refractivity contribution in [2.24, 2.45) is 5.92 Å². The molecule has 1 fully saturated rings. The number of carbonyl (C=O) groups is 3. The predicted octanol–water partition coefficient (Wildman–Crippen LogP) is 2.52. The van der Waals surface area contributed by atoms with Crippen LogP contribution in [0.2, 0.25) is 0 Å². The first kappa shape index (κ1) is 22.5. The molecule has 0 saturated heterocycles. The zero-order chi connectivity index (χ0) is 22.4. The van der Waals surface area contributed by atoms with Crippen LogP contribution in [0.1, 0.15) is 59.7 Å². The van der Waals surface area contributed by atoms with Crippen molar-refractivity contribution in [3.63, 3.8) is 0 Å². The smallest absolute Gasteiger partial charge is 0.337 e. The summed E-state index contributed by atoms with van der Waals surface area (Å²) in [6, 6.07) is 5.00. The molecule has 9 nitrogen and oxygen atoms in total. The Morgan fingerprint density at radius 1 is 1.13 bits per heavy atom. The van der Waals surface area contributed by atoms with Gasteiger partial charge in [-0.25, -0.2) is 14.5 Å². The van der Waals surface area contributed by atoms with Crippen molar-refractivity contribution in [1.29, 1.82) is 0 Å². The number of hydrogen-bond acceptors (Lipinski definition) is 6. The van der Waals surface area contributed by atoms with E-state index in [9.17, 15) is 14.4 Å². The molecule has 1 aromatic carbocycles. The van der Waals surface area contributed by atoms with E-state index in [0.29, 0.717) is 28.5 Å². The van der Waals surface area contributed by atoms with Gasteiger partial charge < -0.3 is 15.4 Å². The molecule has 0 spiro atoms. The fourth-order valence-corrected chi connectivity index (χ4v) is 3.81. The van der Waals surface area contributed by atoms with Crippen LogP contribution in [0.15, 0.2) is 18.2 Å². The normalized spacial score (nSPS) is 14.2. The van der Waals surface area contributed by atoms with Crippen molar-refractivity contribution in [3.8, 4) is 0 Å². The molecule has 1 aliphatic rings. The molecule has 1 saturated carbocycles. The second kappa shape index (κ2) is 10.2. The Morgan fingerprint density at radius 3 is 2.52 bits per heavy atom. The molecule has 2 aromatic rings. The number of aryl methyl sites for hydroxylation is 2. The van der Waals surface area contributed by atoms with E-state index in [0.717, 1.165) is 25.7 Å². The highest BCUT2D eigenvalue weighted by Gasteiger charge is 2.21. The number of ether oxygens (including phenoxy) is 1. The summed E-state index contributed by atoms with van der Waals surface area (Å²) in [5, 5.41) is 9.93. The number of hydrogen-bond donors (Lipinski definition) is 2. The van der Waals surface area contributed by atoms with E-state index in [1.807, 2.05) is 0 Å². The van der Waals surface area contributed by atoms with E-state index in [2.05, 4.69) is 20.7 Å². The fourth-order valence-electron chi connectivity index (χ4n) is 3.81. The lowest BCUT2D eigenvalue weighted by atomic mass is 9.88. The molecule has 1 aliphatic carbocycles. The Labute approximate surface area is 181 Å². The van der Waals surface area contributed by atoms with Gasteiger partial charge in [0.2, 0.25) is 11.8 Å². The van der Waals surface area contributed by atoms with Gasteiger partial charge in [-0.15, -0.1) is 0 Å². The zero-order valence-corrected chi connectivity index (χ0v) is 18.2. The maximum atomic E-state index is 12.6. The highest BCUT2D eigenvalue weighted by molar-refractivity contribution is 5.95. The monoisotopic (exact) mass is 427 g/mol. The molecule has 0 radical (unpaired) electrons. The number of amides is 2. The molecule has 0 aliphatic heterocycles. The van der Waals surface area contributed by atoms with Gasteiger partial charge in [-0.2, -0.15) is 5.10 Å². The van der Waals surface area contributed by atoms with Gasteiger partial charge in [-0.1, -0.05) is 19.3 Å². The van der Waals surface area contributed by atoms with Crippen LogP contribution in [0.5, 0.6) is 0 Å². The van der Waals surface area contributed by atoms with Crippen molar-refractivity contribution >= 4 is 23.5 Å². The molecule has 31 heavy (non-hydrogen) atoms. The maximum Gasteiger partial charge on any atom is 0.337 e. The predicted molar refractivity (Wildman–Crippen MR) is 114 cm³/mol. The molecule has 166 valence electrons. The van der Waals surface area contributed by atoms with E-state index < -0.39 is 5.97 Å². The van der Waals surface area contributed by atoms with E-state index in [1.165, 1.54) is 18.2 Å². The molecule has 0 atom stereocenters. The van der Waals surface area contributed by atoms with Crippen molar-refractivity contribution in [1.82, 2.24) is 20.1 Å². The zero-order valence-electron chi connectivity index (χ0n) is 18.2. The number of methoxy groups -OCH3 is 1.